The molecular weight excluding hydrogens is 607 g/mol. The summed E-state index contributed by atoms with van der Waals surface area (Å²) in [6.07, 6.45) is -3.72. The molecule has 0 radical (unpaired) electrons. The van der Waals surface area contributed by atoms with Crippen molar-refractivity contribution in [3.63, 3.8) is 0 Å². The van der Waals surface area contributed by atoms with Crippen molar-refractivity contribution < 1.29 is 39.5 Å². The minimum absolute atomic E-state index is 0.0101. The van der Waals surface area contributed by atoms with E-state index >= 15 is 0 Å². The normalized spacial score (nSPS) is 22.8. The van der Waals surface area contributed by atoms with E-state index in [1.165, 1.54) is 28.6 Å². The van der Waals surface area contributed by atoms with Crippen LogP contribution in [0, 0.1) is 0 Å². The van der Waals surface area contributed by atoms with Gasteiger partial charge in [0.1, 0.15) is 0 Å². The maximum Gasteiger partial charge on any atom is 0.416 e. The van der Waals surface area contributed by atoms with Crippen molar-refractivity contribution in [3.05, 3.63) is 77.2 Å². The number of nitrogens with one attached hydrogen (secondary N) is 1. The molecule has 2 heterocycles. The molecule has 1 amide bonds. The number of carbonyl (C=O) groups excluding carboxylic acids is 1. The Balaban J connectivity index is 1.60. The lowest BCUT2D eigenvalue weighted by atomic mass is 9.90. The SMILES string of the molecule is C=CS(=O)(=O)NC[C@H]1CCCN1S(=O)(=O)c1ccc(C(Cc2ccc(C(F)(F)F)cc2)C(=O)N2CC(C)OC(C)C2)cc1. The van der Waals surface area contributed by atoms with Crippen molar-refractivity contribution in [2.75, 3.05) is 26.2 Å². The molecule has 2 aliphatic rings. The number of halogens is 3. The van der Waals surface area contributed by atoms with E-state index in [9.17, 15) is 34.8 Å². The van der Waals surface area contributed by atoms with Gasteiger partial charge in [0.2, 0.25) is 26.0 Å². The summed E-state index contributed by atoms with van der Waals surface area (Å²) in [5, 5.41) is 0.764. The van der Waals surface area contributed by atoms with E-state index in [1.807, 2.05) is 13.8 Å². The number of carbonyl (C=O) groups is 1. The average Bonchev–Trinajstić information content (AvgIpc) is 3.44. The first-order valence-corrected chi connectivity index (χ1v) is 16.9. The van der Waals surface area contributed by atoms with Crippen LogP contribution in [-0.4, -0.2) is 76.4 Å². The van der Waals surface area contributed by atoms with Crippen LogP contribution in [0.4, 0.5) is 13.2 Å². The average molecular weight is 644 g/mol. The molecule has 0 aliphatic carbocycles. The molecule has 3 unspecified atom stereocenters. The molecule has 0 saturated carbocycles. The Kier molecular flexibility index (Phi) is 10.1. The van der Waals surface area contributed by atoms with Gasteiger partial charge in [-0.25, -0.2) is 21.6 Å². The Hall–Kier alpha value is -2.78. The van der Waals surface area contributed by atoms with Crippen molar-refractivity contribution in [2.45, 2.75) is 68.3 Å². The molecule has 4 rings (SSSR count). The minimum atomic E-state index is -4.49. The first-order chi connectivity index (χ1) is 20.1. The van der Waals surface area contributed by atoms with E-state index in [2.05, 4.69) is 11.3 Å². The van der Waals surface area contributed by atoms with Gasteiger partial charge in [0, 0.05) is 37.6 Å². The van der Waals surface area contributed by atoms with Gasteiger partial charge in [-0.2, -0.15) is 17.5 Å². The standard InChI is InChI=1S/C29H36F3N3O6S2/c1-4-42(37,38)33-17-25-6-5-15-35(25)43(39,40)26-13-9-23(10-14-26)27(28(36)34-18-20(2)41-21(3)19-34)16-22-7-11-24(12-8-22)29(30,31)32/h4,7-14,20-21,25,27,33H,1,5-6,15-19H2,2-3H3/t20?,21?,25-,27?/m1/s1. The molecule has 2 aromatic rings. The monoisotopic (exact) mass is 643 g/mol. The molecule has 9 nitrogen and oxygen atoms in total. The Labute approximate surface area is 250 Å². The lowest BCUT2D eigenvalue weighted by Gasteiger charge is -2.37. The van der Waals surface area contributed by atoms with Gasteiger partial charge in [0.25, 0.3) is 0 Å². The Morgan fingerprint density at radius 2 is 1.65 bits per heavy atom. The third-order valence-electron chi connectivity index (χ3n) is 7.70. The maximum absolute atomic E-state index is 13.8. The molecule has 2 aliphatic heterocycles. The summed E-state index contributed by atoms with van der Waals surface area (Å²) in [5.41, 5.74) is 0.258. The number of morpholine rings is 1. The molecule has 2 fully saturated rings. The number of ether oxygens (including phenoxy) is 1. The number of benzene rings is 2. The fourth-order valence-electron chi connectivity index (χ4n) is 5.60. The number of rotatable bonds is 10. The van der Waals surface area contributed by atoms with Gasteiger partial charge in [0.15, 0.2) is 0 Å². The van der Waals surface area contributed by atoms with E-state index in [4.69, 9.17) is 4.74 Å². The van der Waals surface area contributed by atoms with Crippen molar-refractivity contribution in [1.29, 1.82) is 0 Å². The molecule has 43 heavy (non-hydrogen) atoms. The van der Waals surface area contributed by atoms with Crippen LogP contribution in [-0.2, 0) is 42.2 Å². The fourth-order valence-corrected chi connectivity index (χ4v) is 7.84. The van der Waals surface area contributed by atoms with Crippen LogP contribution in [0.1, 0.15) is 49.3 Å². The highest BCUT2D eigenvalue weighted by Gasteiger charge is 2.37. The van der Waals surface area contributed by atoms with Crippen LogP contribution in [0.2, 0.25) is 0 Å². The molecule has 4 atom stereocenters. The number of hydrogen-bond acceptors (Lipinski definition) is 6. The number of alkyl halides is 3. The van der Waals surface area contributed by atoms with Crippen LogP contribution in [0.15, 0.2) is 65.4 Å². The summed E-state index contributed by atoms with van der Waals surface area (Å²) < 4.78 is 99.4. The van der Waals surface area contributed by atoms with Crippen molar-refractivity contribution in [2.24, 2.45) is 0 Å². The molecule has 0 spiro atoms. The number of amides is 1. The zero-order chi connectivity index (χ0) is 31.6. The summed E-state index contributed by atoms with van der Waals surface area (Å²) in [6, 6.07) is 10.0. The first kappa shape index (κ1) is 33.1. The zero-order valence-corrected chi connectivity index (χ0v) is 25.6. The van der Waals surface area contributed by atoms with Crippen LogP contribution in [0.25, 0.3) is 0 Å². The second kappa shape index (κ2) is 13.1. The molecule has 2 aromatic carbocycles. The van der Waals surface area contributed by atoms with Gasteiger partial charge < -0.3 is 9.64 Å². The third-order valence-corrected chi connectivity index (χ3v) is 10.7. The predicted octanol–water partition coefficient (Wildman–Crippen LogP) is 3.88. The van der Waals surface area contributed by atoms with Gasteiger partial charge in [-0.1, -0.05) is 30.8 Å². The third kappa shape index (κ3) is 8.04. The minimum Gasteiger partial charge on any atom is -0.372 e. The van der Waals surface area contributed by atoms with E-state index in [-0.39, 0.29) is 42.5 Å². The van der Waals surface area contributed by atoms with Gasteiger partial charge in [-0.3, -0.25) is 4.79 Å². The Morgan fingerprint density at radius 1 is 1.05 bits per heavy atom. The van der Waals surface area contributed by atoms with E-state index in [0.717, 1.165) is 17.5 Å². The predicted molar refractivity (Wildman–Crippen MR) is 155 cm³/mol. The quantitative estimate of drug-likeness (QED) is 0.421. The van der Waals surface area contributed by atoms with Crippen molar-refractivity contribution in [1.82, 2.24) is 13.9 Å². The fraction of sp³-hybridized carbons (Fsp3) is 0.483. The van der Waals surface area contributed by atoms with Crippen molar-refractivity contribution in [3.8, 4) is 0 Å². The molecule has 14 heteroatoms. The topological polar surface area (TPSA) is 113 Å². The largest absolute Gasteiger partial charge is 0.416 e. The van der Waals surface area contributed by atoms with E-state index < -0.39 is 43.7 Å². The zero-order valence-electron chi connectivity index (χ0n) is 24.0. The summed E-state index contributed by atoms with van der Waals surface area (Å²) >= 11 is 0. The van der Waals surface area contributed by atoms with Gasteiger partial charge in [-0.05, 0) is 68.5 Å². The van der Waals surface area contributed by atoms with Crippen molar-refractivity contribution >= 4 is 26.0 Å². The highest BCUT2D eigenvalue weighted by Crippen LogP contribution is 2.32. The van der Waals surface area contributed by atoms with Gasteiger partial charge >= 0.3 is 6.18 Å². The van der Waals surface area contributed by atoms with Gasteiger partial charge in [0.05, 0.1) is 28.6 Å². The summed E-state index contributed by atoms with van der Waals surface area (Å²) in [6.45, 7) is 7.80. The second-order valence-corrected chi connectivity index (χ2v) is 14.6. The molecule has 0 bridgehead atoms. The summed E-state index contributed by atoms with van der Waals surface area (Å²) in [7, 11) is -7.71. The number of hydrogen-bond donors (Lipinski definition) is 1. The molecule has 2 saturated heterocycles. The highest BCUT2D eigenvalue weighted by molar-refractivity contribution is 7.92. The molecular formula is C29H36F3N3O6S2. The maximum atomic E-state index is 13.8. The van der Waals surface area contributed by atoms with Crippen LogP contribution in [0.3, 0.4) is 0 Å². The lowest BCUT2D eigenvalue weighted by Crippen LogP contribution is -2.49. The summed E-state index contributed by atoms with van der Waals surface area (Å²) in [5.74, 6) is -1.01. The van der Waals surface area contributed by atoms with Crippen LogP contribution in [0.5, 0.6) is 0 Å². The smallest absolute Gasteiger partial charge is 0.372 e. The summed E-state index contributed by atoms with van der Waals surface area (Å²) in [4.78, 5) is 15.5. The number of nitrogens with zero attached hydrogens (tertiary/aromatic N) is 2. The Bertz CT molecular complexity index is 1500. The highest BCUT2D eigenvalue weighted by atomic mass is 32.2. The second-order valence-electron chi connectivity index (χ2n) is 11.0. The van der Waals surface area contributed by atoms with E-state index in [0.29, 0.717) is 37.1 Å². The first-order valence-electron chi connectivity index (χ1n) is 13.9. The van der Waals surface area contributed by atoms with Crippen LogP contribution < -0.4 is 4.72 Å². The Morgan fingerprint density at radius 3 is 2.21 bits per heavy atom. The lowest BCUT2D eigenvalue weighted by molar-refractivity contribution is -0.144. The molecule has 236 valence electrons. The van der Waals surface area contributed by atoms with E-state index in [1.54, 1.807) is 17.0 Å². The molecule has 0 aromatic heterocycles. The molecule has 1 N–H and O–H groups in total. The van der Waals surface area contributed by atoms with Crippen LogP contribution >= 0.6 is 0 Å². The number of sulfonamides is 2. The van der Waals surface area contributed by atoms with Gasteiger partial charge in [-0.15, -0.1) is 0 Å².